The summed E-state index contributed by atoms with van der Waals surface area (Å²) >= 11 is 0. The molecule has 150 valence electrons. The summed E-state index contributed by atoms with van der Waals surface area (Å²) in [5, 5.41) is 2.77. The maximum absolute atomic E-state index is 13.1. The first-order chi connectivity index (χ1) is 14.5. The molecule has 1 amide bonds. The second kappa shape index (κ2) is 8.12. The number of benzene rings is 1. The number of amides is 1. The van der Waals surface area contributed by atoms with Gasteiger partial charge in [0.25, 0.3) is 5.56 Å². The molecule has 0 unspecified atom stereocenters. The highest BCUT2D eigenvalue weighted by atomic mass is 16.2. The smallest absolute Gasteiger partial charge is 0.325 e. The maximum Gasteiger partial charge on any atom is 0.332 e. The maximum atomic E-state index is 13.1. The zero-order valence-electron chi connectivity index (χ0n) is 16.3. The topological polar surface area (TPSA) is 98.9 Å². The monoisotopic (exact) mass is 401 g/mol. The van der Waals surface area contributed by atoms with E-state index in [0.717, 1.165) is 10.1 Å². The Hall–Kier alpha value is -4.07. The van der Waals surface area contributed by atoms with Gasteiger partial charge in [0, 0.05) is 18.1 Å². The number of rotatable bonds is 5. The number of carbonyl (C=O) groups is 1. The van der Waals surface area contributed by atoms with Crippen molar-refractivity contribution < 1.29 is 4.79 Å². The van der Waals surface area contributed by atoms with Gasteiger partial charge in [-0.05, 0) is 43.3 Å². The summed E-state index contributed by atoms with van der Waals surface area (Å²) in [5.74, 6) is -0.380. The lowest BCUT2D eigenvalue weighted by Gasteiger charge is -2.13. The van der Waals surface area contributed by atoms with Crippen LogP contribution in [-0.4, -0.2) is 25.0 Å². The summed E-state index contributed by atoms with van der Waals surface area (Å²) in [5.41, 5.74) is 1.58. The zero-order valence-corrected chi connectivity index (χ0v) is 16.3. The number of pyridine rings is 2. The summed E-state index contributed by atoms with van der Waals surface area (Å²) in [7, 11) is 0. The Labute approximate surface area is 171 Å². The molecule has 8 heteroatoms. The van der Waals surface area contributed by atoms with E-state index in [1.165, 1.54) is 10.8 Å². The fraction of sp³-hybridized carbons (Fsp3) is 0.136. The zero-order chi connectivity index (χ0) is 21.1. The molecule has 0 atom stereocenters. The fourth-order valence-electron chi connectivity index (χ4n) is 3.17. The van der Waals surface area contributed by atoms with Crippen molar-refractivity contribution in [3.05, 3.63) is 99.1 Å². The van der Waals surface area contributed by atoms with E-state index in [4.69, 9.17) is 0 Å². The van der Waals surface area contributed by atoms with E-state index in [2.05, 4.69) is 15.3 Å². The van der Waals surface area contributed by atoms with Crippen LogP contribution in [0.4, 0.5) is 5.69 Å². The minimum absolute atomic E-state index is 0.00932. The average Bonchev–Trinajstić information content (AvgIpc) is 2.76. The third kappa shape index (κ3) is 3.88. The number of nitrogens with zero attached hydrogens (tertiary/aromatic N) is 4. The van der Waals surface area contributed by atoms with Crippen molar-refractivity contribution in [1.82, 2.24) is 19.1 Å². The van der Waals surface area contributed by atoms with Crippen molar-refractivity contribution in [2.45, 2.75) is 20.0 Å². The van der Waals surface area contributed by atoms with E-state index < -0.39 is 11.2 Å². The summed E-state index contributed by atoms with van der Waals surface area (Å²) in [4.78, 5) is 47.0. The predicted octanol–water partition coefficient (Wildman–Crippen LogP) is 1.95. The fourth-order valence-corrected chi connectivity index (χ4v) is 3.17. The Kier molecular flexibility index (Phi) is 5.21. The van der Waals surface area contributed by atoms with Crippen LogP contribution in [0, 0.1) is 6.92 Å². The summed E-state index contributed by atoms with van der Waals surface area (Å²) < 4.78 is 2.31. The van der Waals surface area contributed by atoms with Crippen LogP contribution < -0.4 is 16.6 Å². The van der Waals surface area contributed by atoms with Crippen molar-refractivity contribution in [1.29, 1.82) is 0 Å². The van der Waals surface area contributed by atoms with Gasteiger partial charge < -0.3 is 5.32 Å². The van der Waals surface area contributed by atoms with Crippen LogP contribution in [-0.2, 0) is 17.9 Å². The standard InChI is InChI=1S/C22H19N5O3/c1-15-7-9-16(10-8-15)25-19(28)14-26-18-6-4-12-24-20(18)21(29)27(22(26)30)13-17-5-2-3-11-23-17/h2-12H,13-14H2,1H3,(H,25,28). The van der Waals surface area contributed by atoms with E-state index >= 15 is 0 Å². The molecule has 3 aromatic heterocycles. The molecule has 0 radical (unpaired) electrons. The SMILES string of the molecule is Cc1ccc(NC(=O)Cn2c(=O)n(Cc3ccccn3)c(=O)c3ncccc32)cc1. The van der Waals surface area contributed by atoms with Crippen LogP contribution in [0.1, 0.15) is 11.3 Å². The first-order valence-electron chi connectivity index (χ1n) is 9.38. The first-order valence-corrected chi connectivity index (χ1v) is 9.38. The molecule has 1 N–H and O–H groups in total. The van der Waals surface area contributed by atoms with Gasteiger partial charge in [0.05, 0.1) is 17.8 Å². The van der Waals surface area contributed by atoms with Gasteiger partial charge in [0.1, 0.15) is 6.54 Å². The number of hydrogen-bond acceptors (Lipinski definition) is 5. The van der Waals surface area contributed by atoms with Gasteiger partial charge in [-0.3, -0.25) is 23.7 Å². The Bertz CT molecular complexity index is 1330. The molecule has 3 heterocycles. The first kappa shape index (κ1) is 19.3. The van der Waals surface area contributed by atoms with Crippen molar-refractivity contribution in [3.8, 4) is 0 Å². The predicted molar refractivity (Wildman–Crippen MR) is 113 cm³/mol. The molecule has 4 rings (SSSR count). The number of hydrogen-bond donors (Lipinski definition) is 1. The van der Waals surface area contributed by atoms with Crippen molar-refractivity contribution in [2.75, 3.05) is 5.32 Å². The van der Waals surface area contributed by atoms with Gasteiger partial charge in [-0.2, -0.15) is 0 Å². The van der Waals surface area contributed by atoms with Crippen molar-refractivity contribution in [3.63, 3.8) is 0 Å². The quantitative estimate of drug-likeness (QED) is 0.551. The Morgan fingerprint density at radius 1 is 0.933 bits per heavy atom. The largest absolute Gasteiger partial charge is 0.332 e. The molecule has 0 spiro atoms. The van der Waals surface area contributed by atoms with Crippen molar-refractivity contribution >= 4 is 22.6 Å². The lowest BCUT2D eigenvalue weighted by Crippen LogP contribution is -2.42. The Morgan fingerprint density at radius 3 is 2.43 bits per heavy atom. The normalized spacial score (nSPS) is 10.8. The molecule has 0 aliphatic carbocycles. The van der Waals surface area contributed by atoms with Crippen LogP contribution in [0.15, 0.2) is 76.6 Å². The van der Waals surface area contributed by atoms with E-state index in [1.54, 1.807) is 48.7 Å². The molecule has 1 aromatic carbocycles. The van der Waals surface area contributed by atoms with Gasteiger partial charge >= 0.3 is 5.69 Å². The number of nitrogens with one attached hydrogen (secondary N) is 1. The van der Waals surface area contributed by atoms with Crippen LogP contribution in [0.5, 0.6) is 0 Å². The molecule has 0 fully saturated rings. The van der Waals surface area contributed by atoms with Crippen LogP contribution in [0.3, 0.4) is 0 Å². The van der Waals surface area contributed by atoms with Crippen LogP contribution >= 0.6 is 0 Å². The minimum Gasteiger partial charge on any atom is -0.325 e. The highest BCUT2D eigenvalue weighted by Crippen LogP contribution is 2.10. The average molecular weight is 401 g/mol. The third-order valence-corrected chi connectivity index (χ3v) is 4.67. The second-order valence-electron chi connectivity index (χ2n) is 6.87. The molecule has 0 saturated carbocycles. The molecule has 4 aromatic rings. The number of anilines is 1. The molecule has 0 aliphatic rings. The molecule has 30 heavy (non-hydrogen) atoms. The van der Waals surface area contributed by atoms with E-state index in [0.29, 0.717) is 16.9 Å². The van der Waals surface area contributed by atoms with E-state index in [-0.39, 0.29) is 24.5 Å². The van der Waals surface area contributed by atoms with Gasteiger partial charge in [-0.25, -0.2) is 9.78 Å². The van der Waals surface area contributed by atoms with Crippen molar-refractivity contribution in [2.24, 2.45) is 0 Å². The Morgan fingerprint density at radius 2 is 1.70 bits per heavy atom. The lowest BCUT2D eigenvalue weighted by atomic mass is 10.2. The summed E-state index contributed by atoms with van der Waals surface area (Å²) in [6.45, 7) is 1.69. The van der Waals surface area contributed by atoms with Crippen LogP contribution in [0.25, 0.3) is 11.0 Å². The highest BCUT2D eigenvalue weighted by molar-refractivity contribution is 5.91. The van der Waals surface area contributed by atoms with Gasteiger partial charge in [-0.1, -0.05) is 23.8 Å². The number of aromatic nitrogens is 4. The number of carbonyl (C=O) groups excluding carboxylic acids is 1. The molecule has 0 aliphatic heterocycles. The van der Waals surface area contributed by atoms with Gasteiger partial charge in [0.15, 0.2) is 5.52 Å². The third-order valence-electron chi connectivity index (χ3n) is 4.67. The van der Waals surface area contributed by atoms with Gasteiger partial charge in [-0.15, -0.1) is 0 Å². The number of aryl methyl sites for hydroxylation is 1. The molecule has 0 saturated heterocycles. The number of fused-ring (bicyclic) bond motifs is 1. The van der Waals surface area contributed by atoms with E-state index in [9.17, 15) is 14.4 Å². The molecular weight excluding hydrogens is 382 g/mol. The van der Waals surface area contributed by atoms with Crippen LogP contribution in [0.2, 0.25) is 0 Å². The second-order valence-corrected chi connectivity index (χ2v) is 6.87. The highest BCUT2D eigenvalue weighted by Gasteiger charge is 2.16. The summed E-state index contributed by atoms with van der Waals surface area (Å²) in [6, 6.07) is 15.8. The molecule has 8 nitrogen and oxygen atoms in total. The van der Waals surface area contributed by atoms with Gasteiger partial charge in [0.2, 0.25) is 5.91 Å². The Balaban J connectivity index is 1.74. The summed E-state index contributed by atoms with van der Waals surface area (Å²) in [6.07, 6.45) is 3.07. The van der Waals surface area contributed by atoms with E-state index in [1.807, 2.05) is 19.1 Å². The lowest BCUT2D eigenvalue weighted by molar-refractivity contribution is -0.116. The minimum atomic E-state index is -0.592. The molecular formula is C22H19N5O3. The molecule has 0 bridgehead atoms.